The van der Waals surface area contributed by atoms with Crippen LogP contribution in [-0.4, -0.2) is 76.7 Å². The fourth-order valence-corrected chi connectivity index (χ4v) is 4.76. The Morgan fingerprint density at radius 2 is 1.69 bits per heavy atom. The Balaban J connectivity index is 1.48. The zero-order valence-corrected chi connectivity index (χ0v) is 19.3. The number of hydrogen-bond donors (Lipinski definition) is 1. The zero-order valence-electron chi connectivity index (χ0n) is 18.4. The van der Waals surface area contributed by atoms with Crippen molar-refractivity contribution in [2.24, 2.45) is 5.10 Å². The Morgan fingerprint density at radius 3 is 2.31 bits per heavy atom. The molecule has 2 aromatic carbocycles. The van der Waals surface area contributed by atoms with Gasteiger partial charge < -0.3 is 9.47 Å². The quantitative estimate of drug-likeness (QED) is 0.473. The van der Waals surface area contributed by atoms with Crippen LogP contribution >= 0.6 is 0 Å². The highest BCUT2D eigenvalue weighted by atomic mass is 32.2. The molecule has 0 saturated carbocycles. The second-order valence-corrected chi connectivity index (χ2v) is 9.34. The van der Waals surface area contributed by atoms with Gasteiger partial charge in [-0.2, -0.15) is 9.41 Å². The lowest BCUT2D eigenvalue weighted by Crippen LogP contribution is -2.50. The van der Waals surface area contributed by atoms with Gasteiger partial charge in [-0.1, -0.05) is 17.7 Å². The molecule has 2 aromatic rings. The molecule has 0 aliphatic carbocycles. The van der Waals surface area contributed by atoms with Gasteiger partial charge in [-0.3, -0.25) is 9.69 Å². The van der Waals surface area contributed by atoms with Gasteiger partial charge in [0.25, 0.3) is 5.91 Å². The first kappa shape index (κ1) is 23.7. The Morgan fingerprint density at radius 1 is 1.03 bits per heavy atom. The smallest absolute Gasteiger partial charge is 0.254 e. The van der Waals surface area contributed by atoms with E-state index in [0.717, 1.165) is 11.1 Å². The molecule has 1 saturated heterocycles. The summed E-state index contributed by atoms with van der Waals surface area (Å²) in [7, 11) is -0.416. The molecule has 0 unspecified atom stereocenters. The SMILES string of the molecule is COc1ccc(/C=N\NC(=O)CN2CCN(S(=O)(=O)c3ccc(C)cc3)CC2)cc1OC. The monoisotopic (exact) mass is 460 g/mol. The summed E-state index contributed by atoms with van der Waals surface area (Å²) in [4.78, 5) is 14.4. The van der Waals surface area contributed by atoms with E-state index in [4.69, 9.17) is 9.47 Å². The minimum absolute atomic E-state index is 0.141. The van der Waals surface area contributed by atoms with Gasteiger partial charge in [-0.05, 0) is 42.8 Å². The molecule has 0 radical (unpaired) electrons. The molecule has 1 fully saturated rings. The van der Waals surface area contributed by atoms with Gasteiger partial charge in [0, 0.05) is 26.2 Å². The molecule has 0 atom stereocenters. The minimum Gasteiger partial charge on any atom is -0.493 e. The number of hydrogen-bond acceptors (Lipinski definition) is 7. The third-order valence-electron chi connectivity index (χ3n) is 5.17. The van der Waals surface area contributed by atoms with E-state index < -0.39 is 10.0 Å². The second kappa shape index (κ2) is 10.6. The molecule has 10 heteroatoms. The summed E-state index contributed by atoms with van der Waals surface area (Å²) < 4.78 is 37.5. The van der Waals surface area contributed by atoms with E-state index in [1.54, 1.807) is 56.7 Å². The van der Waals surface area contributed by atoms with Crippen LogP contribution in [0.3, 0.4) is 0 Å². The maximum absolute atomic E-state index is 12.8. The first-order valence-electron chi connectivity index (χ1n) is 10.2. The number of rotatable bonds is 8. The number of amides is 1. The van der Waals surface area contributed by atoms with Crippen LogP contribution < -0.4 is 14.9 Å². The standard InChI is InChI=1S/C22H28N4O5S/c1-17-4-7-19(8-5-17)32(28,29)26-12-10-25(11-13-26)16-22(27)24-23-15-18-6-9-20(30-2)21(14-18)31-3/h4-9,14-15H,10-13,16H2,1-3H3,(H,24,27)/b23-15-. The van der Waals surface area contributed by atoms with Crippen LogP contribution in [0.25, 0.3) is 0 Å². The molecule has 0 aromatic heterocycles. The highest BCUT2D eigenvalue weighted by molar-refractivity contribution is 7.89. The Bertz CT molecular complexity index is 1060. The van der Waals surface area contributed by atoms with Gasteiger partial charge in [-0.25, -0.2) is 13.8 Å². The van der Waals surface area contributed by atoms with E-state index in [2.05, 4.69) is 10.5 Å². The molecule has 0 bridgehead atoms. The van der Waals surface area contributed by atoms with Gasteiger partial charge in [0.1, 0.15) is 0 Å². The Labute approximate surface area is 188 Å². The number of piperazine rings is 1. The topological polar surface area (TPSA) is 101 Å². The molecular weight excluding hydrogens is 432 g/mol. The van der Waals surface area contributed by atoms with Crippen molar-refractivity contribution in [3.63, 3.8) is 0 Å². The molecule has 1 N–H and O–H groups in total. The summed E-state index contributed by atoms with van der Waals surface area (Å²) in [6.45, 7) is 3.66. The summed E-state index contributed by atoms with van der Waals surface area (Å²) in [6.07, 6.45) is 1.52. The summed E-state index contributed by atoms with van der Waals surface area (Å²) in [5.41, 5.74) is 4.26. The average Bonchev–Trinajstić information content (AvgIpc) is 2.79. The number of ether oxygens (including phenoxy) is 2. The predicted octanol–water partition coefficient (Wildman–Crippen LogP) is 1.47. The van der Waals surface area contributed by atoms with Crippen LogP contribution in [-0.2, 0) is 14.8 Å². The molecule has 1 aliphatic rings. The molecule has 3 rings (SSSR count). The van der Waals surface area contributed by atoms with Crippen molar-refractivity contribution < 1.29 is 22.7 Å². The van der Waals surface area contributed by atoms with Crippen molar-refractivity contribution in [3.05, 3.63) is 53.6 Å². The van der Waals surface area contributed by atoms with Crippen molar-refractivity contribution >= 4 is 22.1 Å². The van der Waals surface area contributed by atoms with Crippen molar-refractivity contribution in [1.82, 2.24) is 14.6 Å². The number of sulfonamides is 1. The summed E-state index contributed by atoms with van der Waals surface area (Å²) >= 11 is 0. The third kappa shape index (κ3) is 5.84. The third-order valence-corrected chi connectivity index (χ3v) is 7.08. The summed E-state index contributed by atoms with van der Waals surface area (Å²) in [5, 5.41) is 3.99. The van der Waals surface area contributed by atoms with E-state index in [9.17, 15) is 13.2 Å². The molecule has 172 valence electrons. The number of nitrogens with one attached hydrogen (secondary N) is 1. The first-order valence-corrected chi connectivity index (χ1v) is 11.6. The molecule has 9 nitrogen and oxygen atoms in total. The number of aryl methyl sites for hydroxylation is 1. The fraction of sp³-hybridized carbons (Fsp3) is 0.364. The maximum Gasteiger partial charge on any atom is 0.254 e. The minimum atomic E-state index is -3.52. The number of carbonyl (C=O) groups excluding carboxylic acids is 1. The molecule has 0 spiro atoms. The average molecular weight is 461 g/mol. The van der Waals surface area contributed by atoms with Gasteiger partial charge in [-0.15, -0.1) is 0 Å². The van der Waals surface area contributed by atoms with Gasteiger partial charge in [0.15, 0.2) is 11.5 Å². The zero-order chi connectivity index (χ0) is 23.1. The Kier molecular flexibility index (Phi) is 7.84. The summed E-state index contributed by atoms with van der Waals surface area (Å²) in [5.74, 6) is 0.912. The fourth-order valence-electron chi connectivity index (χ4n) is 3.34. The number of nitrogens with zero attached hydrogens (tertiary/aromatic N) is 3. The maximum atomic E-state index is 12.8. The van der Waals surface area contributed by atoms with Crippen LogP contribution in [0.5, 0.6) is 11.5 Å². The molecular formula is C22H28N4O5S. The van der Waals surface area contributed by atoms with Crippen LogP contribution in [0.2, 0.25) is 0 Å². The normalized spacial score (nSPS) is 15.6. The van der Waals surface area contributed by atoms with Crippen molar-refractivity contribution in [3.8, 4) is 11.5 Å². The highest BCUT2D eigenvalue weighted by Gasteiger charge is 2.28. The number of hydrazone groups is 1. The second-order valence-electron chi connectivity index (χ2n) is 7.40. The molecule has 1 amide bonds. The van der Waals surface area contributed by atoms with E-state index in [0.29, 0.717) is 42.6 Å². The van der Waals surface area contributed by atoms with Crippen molar-refractivity contribution in [2.75, 3.05) is 46.9 Å². The van der Waals surface area contributed by atoms with Gasteiger partial charge in [0.2, 0.25) is 10.0 Å². The lowest BCUT2D eigenvalue weighted by atomic mass is 10.2. The van der Waals surface area contributed by atoms with Crippen LogP contribution in [0.1, 0.15) is 11.1 Å². The van der Waals surface area contributed by atoms with E-state index in [1.165, 1.54) is 10.5 Å². The lowest BCUT2D eigenvalue weighted by Gasteiger charge is -2.33. The van der Waals surface area contributed by atoms with Gasteiger partial charge >= 0.3 is 0 Å². The molecule has 32 heavy (non-hydrogen) atoms. The first-order chi connectivity index (χ1) is 15.3. The largest absolute Gasteiger partial charge is 0.493 e. The number of carbonyl (C=O) groups is 1. The van der Waals surface area contributed by atoms with Gasteiger partial charge in [0.05, 0.1) is 31.9 Å². The molecule has 1 heterocycles. The van der Waals surface area contributed by atoms with Crippen molar-refractivity contribution in [2.45, 2.75) is 11.8 Å². The van der Waals surface area contributed by atoms with Crippen molar-refractivity contribution in [1.29, 1.82) is 0 Å². The van der Waals surface area contributed by atoms with Crippen LogP contribution in [0, 0.1) is 6.92 Å². The highest BCUT2D eigenvalue weighted by Crippen LogP contribution is 2.26. The van der Waals surface area contributed by atoms with Crippen LogP contribution in [0.15, 0.2) is 52.5 Å². The Hall–Kier alpha value is -2.95. The summed E-state index contributed by atoms with van der Waals surface area (Å²) in [6, 6.07) is 12.1. The molecule has 1 aliphatic heterocycles. The predicted molar refractivity (Wildman–Crippen MR) is 122 cm³/mol. The lowest BCUT2D eigenvalue weighted by molar-refractivity contribution is -0.122. The van der Waals surface area contributed by atoms with E-state index in [1.807, 2.05) is 11.8 Å². The van der Waals surface area contributed by atoms with E-state index >= 15 is 0 Å². The van der Waals surface area contributed by atoms with Crippen LogP contribution in [0.4, 0.5) is 0 Å². The number of benzene rings is 2. The van der Waals surface area contributed by atoms with E-state index in [-0.39, 0.29) is 12.5 Å². The number of methoxy groups -OCH3 is 2.